The second-order valence-electron chi connectivity index (χ2n) is 14.1. The zero-order valence-electron chi connectivity index (χ0n) is 28.2. The van der Waals surface area contributed by atoms with Crippen molar-refractivity contribution in [1.29, 1.82) is 5.26 Å². The van der Waals surface area contributed by atoms with Crippen LogP contribution in [0.15, 0.2) is 94.7 Å². The van der Waals surface area contributed by atoms with Gasteiger partial charge in [-0.2, -0.15) is 5.26 Å². The minimum atomic E-state index is -3.51. The van der Waals surface area contributed by atoms with E-state index in [1.54, 1.807) is 36.4 Å². The molecule has 0 N–H and O–H groups in total. The van der Waals surface area contributed by atoms with Gasteiger partial charge in [-0.1, -0.05) is 74.2 Å². The predicted molar refractivity (Wildman–Crippen MR) is 188 cm³/mol. The summed E-state index contributed by atoms with van der Waals surface area (Å²) in [6.07, 6.45) is 8.89. The third-order valence-electron chi connectivity index (χ3n) is 11.4. The number of ether oxygens (including phenoxy) is 1. The number of piperidine rings is 1. The lowest BCUT2D eigenvalue weighted by Gasteiger charge is -2.48. The minimum Gasteiger partial charge on any atom is -0.469 e. The van der Waals surface area contributed by atoms with E-state index in [1.807, 2.05) is 18.2 Å². The van der Waals surface area contributed by atoms with Crippen LogP contribution >= 0.6 is 0 Å². The molecule has 0 spiro atoms. The molecule has 6 rings (SSSR count). The van der Waals surface area contributed by atoms with Gasteiger partial charge in [0, 0.05) is 37.7 Å². The molecule has 48 heavy (non-hydrogen) atoms. The number of unbranched alkanes of at least 4 members (excludes halogenated alkanes) is 1. The maximum absolute atomic E-state index is 13.0. The van der Waals surface area contributed by atoms with Crippen LogP contribution in [0.2, 0.25) is 0 Å². The van der Waals surface area contributed by atoms with Crippen LogP contribution in [0, 0.1) is 35.0 Å². The number of nitriles is 1. The Bertz CT molecular complexity index is 1640. The molecule has 1 saturated carbocycles. The van der Waals surface area contributed by atoms with E-state index in [0.717, 1.165) is 76.9 Å². The Hall–Kier alpha value is -3.67. The zero-order chi connectivity index (χ0) is 33.6. The van der Waals surface area contributed by atoms with E-state index in [1.165, 1.54) is 25.5 Å². The van der Waals surface area contributed by atoms with E-state index in [2.05, 4.69) is 46.2 Å². The number of rotatable bonds is 13. The number of nitrogens with zero attached hydrogens (tertiary/aromatic N) is 3. The number of anilines is 1. The third kappa shape index (κ3) is 7.18. The van der Waals surface area contributed by atoms with Crippen molar-refractivity contribution in [3.05, 3.63) is 90.5 Å². The molecule has 3 aromatic carbocycles. The van der Waals surface area contributed by atoms with Crippen molar-refractivity contribution in [2.45, 2.75) is 73.0 Å². The number of hydrogen-bond acceptors (Lipinski definition) is 7. The van der Waals surface area contributed by atoms with Crippen LogP contribution in [0.4, 0.5) is 5.69 Å². The van der Waals surface area contributed by atoms with Crippen LogP contribution in [0.5, 0.6) is 0 Å². The van der Waals surface area contributed by atoms with E-state index >= 15 is 0 Å². The molecule has 0 radical (unpaired) electrons. The Kier molecular flexibility index (Phi) is 10.9. The number of carbonyl (C=O) groups excluding carboxylic acids is 1. The quantitative estimate of drug-likeness (QED) is 0.140. The van der Waals surface area contributed by atoms with E-state index in [-0.39, 0.29) is 5.97 Å². The summed E-state index contributed by atoms with van der Waals surface area (Å²) in [5.74, 6) is 1.61. The molecule has 1 unspecified atom stereocenters. The van der Waals surface area contributed by atoms with Crippen LogP contribution in [0.1, 0.15) is 63.4 Å². The molecular formula is C40H49N3O4S. The van der Waals surface area contributed by atoms with Crippen LogP contribution in [0.3, 0.4) is 0 Å². The van der Waals surface area contributed by atoms with Gasteiger partial charge >= 0.3 is 5.97 Å². The number of likely N-dealkylation sites (tertiary alicyclic amines) is 1. The van der Waals surface area contributed by atoms with Crippen molar-refractivity contribution in [3.8, 4) is 6.07 Å². The smallest absolute Gasteiger partial charge is 0.305 e. The van der Waals surface area contributed by atoms with Gasteiger partial charge in [-0.3, -0.25) is 4.79 Å². The zero-order valence-corrected chi connectivity index (χ0v) is 29.0. The fraction of sp³-hybridized carbons (Fsp3) is 0.500. The van der Waals surface area contributed by atoms with Crippen molar-refractivity contribution >= 4 is 21.5 Å². The van der Waals surface area contributed by atoms with Gasteiger partial charge in [0.05, 0.1) is 28.4 Å². The largest absolute Gasteiger partial charge is 0.469 e. The number of hydrogen-bond donors (Lipinski definition) is 0. The molecule has 3 atom stereocenters. The summed E-state index contributed by atoms with van der Waals surface area (Å²) in [7, 11) is -2.06. The summed E-state index contributed by atoms with van der Waals surface area (Å²) in [5.41, 5.74) is 1.77. The Morgan fingerprint density at radius 1 is 0.875 bits per heavy atom. The molecule has 3 fully saturated rings. The van der Waals surface area contributed by atoms with E-state index in [0.29, 0.717) is 39.9 Å². The fourth-order valence-electron chi connectivity index (χ4n) is 8.87. The topological polar surface area (TPSA) is 90.7 Å². The van der Waals surface area contributed by atoms with Crippen LogP contribution in [-0.4, -0.2) is 59.1 Å². The van der Waals surface area contributed by atoms with Gasteiger partial charge in [-0.05, 0) is 98.5 Å². The van der Waals surface area contributed by atoms with Gasteiger partial charge in [0.25, 0.3) is 0 Å². The van der Waals surface area contributed by atoms with Crippen LogP contribution in [0.25, 0.3) is 0 Å². The number of carbonyl (C=O) groups is 1. The van der Waals surface area contributed by atoms with Crippen molar-refractivity contribution in [1.82, 2.24) is 4.90 Å². The fourth-order valence-corrected chi connectivity index (χ4v) is 10.2. The van der Waals surface area contributed by atoms with Gasteiger partial charge in [-0.15, -0.1) is 0 Å². The molecule has 3 aromatic rings. The average molecular weight is 668 g/mol. The van der Waals surface area contributed by atoms with Gasteiger partial charge in [-0.25, -0.2) is 8.42 Å². The van der Waals surface area contributed by atoms with Gasteiger partial charge < -0.3 is 14.5 Å². The van der Waals surface area contributed by atoms with E-state index in [4.69, 9.17) is 4.74 Å². The van der Waals surface area contributed by atoms with E-state index in [9.17, 15) is 18.5 Å². The third-order valence-corrected chi connectivity index (χ3v) is 13.2. The molecule has 2 aliphatic heterocycles. The second-order valence-corrected chi connectivity index (χ2v) is 16.1. The maximum Gasteiger partial charge on any atom is 0.305 e. The minimum absolute atomic E-state index is 0.138. The lowest BCUT2D eigenvalue weighted by atomic mass is 9.58. The predicted octanol–water partition coefficient (Wildman–Crippen LogP) is 7.28. The van der Waals surface area contributed by atoms with Crippen molar-refractivity contribution in [3.63, 3.8) is 0 Å². The van der Waals surface area contributed by atoms with Crippen LogP contribution in [-0.2, 0) is 24.8 Å². The number of methoxy groups -OCH3 is 1. The normalized spacial score (nSPS) is 22.0. The Balaban J connectivity index is 1.05. The molecule has 8 heteroatoms. The highest BCUT2D eigenvalue weighted by Crippen LogP contribution is 2.53. The van der Waals surface area contributed by atoms with Crippen LogP contribution < -0.4 is 4.90 Å². The first-order valence-corrected chi connectivity index (χ1v) is 19.2. The second kappa shape index (κ2) is 15.3. The lowest BCUT2D eigenvalue weighted by Crippen LogP contribution is -2.54. The molecule has 2 saturated heterocycles. The highest BCUT2D eigenvalue weighted by atomic mass is 32.2. The summed E-state index contributed by atoms with van der Waals surface area (Å²) in [6, 6.07) is 29.5. The van der Waals surface area contributed by atoms with Gasteiger partial charge in [0.2, 0.25) is 9.84 Å². The van der Waals surface area contributed by atoms with Crippen molar-refractivity contribution in [2.75, 3.05) is 44.7 Å². The number of sulfone groups is 1. The Morgan fingerprint density at radius 2 is 1.52 bits per heavy atom. The monoisotopic (exact) mass is 667 g/mol. The standard InChI is InChI=1S/C40H49N3O4S/c1-47-39(44)18-9-8-11-32-12-10-17-38(32)40(30-41,33-13-4-2-5-14-33)34-23-25-42(26-24-34)27-31-28-43(29-31)35-19-21-37(22-20-35)48(45,46)36-15-6-3-7-16-36/h2-7,13-16,19-22,31-32,34,38H,8-12,17-18,23-29H2,1H3/t32-,38-,40?/m0/s1. The molecule has 0 aromatic heterocycles. The first-order chi connectivity index (χ1) is 23.3. The summed E-state index contributed by atoms with van der Waals surface area (Å²) < 4.78 is 30.8. The number of benzene rings is 3. The van der Waals surface area contributed by atoms with Crippen molar-refractivity contribution < 1.29 is 17.9 Å². The molecule has 0 bridgehead atoms. The first-order valence-electron chi connectivity index (χ1n) is 17.8. The molecule has 0 amide bonds. The highest BCUT2D eigenvalue weighted by Gasteiger charge is 2.51. The summed E-state index contributed by atoms with van der Waals surface area (Å²) >= 11 is 0. The summed E-state index contributed by atoms with van der Waals surface area (Å²) in [6.45, 7) is 5.02. The summed E-state index contributed by atoms with van der Waals surface area (Å²) in [5, 5.41) is 11.1. The van der Waals surface area contributed by atoms with Gasteiger partial charge in [0.15, 0.2) is 0 Å². The maximum atomic E-state index is 13.0. The number of esters is 1. The molecule has 2 heterocycles. The highest BCUT2D eigenvalue weighted by molar-refractivity contribution is 7.91. The molecule has 7 nitrogen and oxygen atoms in total. The Labute approximate surface area is 286 Å². The van der Waals surface area contributed by atoms with Crippen molar-refractivity contribution in [2.24, 2.45) is 23.7 Å². The summed E-state index contributed by atoms with van der Waals surface area (Å²) in [4.78, 5) is 17.2. The average Bonchev–Trinajstić information content (AvgIpc) is 3.59. The van der Waals surface area contributed by atoms with Gasteiger partial charge in [0.1, 0.15) is 0 Å². The lowest BCUT2D eigenvalue weighted by molar-refractivity contribution is -0.140. The van der Waals surface area contributed by atoms with E-state index < -0.39 is 15.3 Å². The molecule has 1 aliphatic carbocycles. The first kappa shape index (κ1) is 34.2. The molecule has 254 valence electrons. The SMILES string of the molecule is COC(=O)CCCC[C@H]1CCC[C@@H]1C(C#N)(c1ccccc1)C1CCN(CC2CN(c3ccc(S(=O)(=O)c4ccccc4)cc3)C2)CC1. The molecule has 3 aliphatic rings. The molecular weight excluding hydrogens is 619 g/mol. The Morgan fingerprint density at radius 3 is 2.17 bits per heavy atom.